The summed E-state index contributed by atoms with van der Waals surface area (Å²) in [5.41, 5.74) is 18.3. The van der Waals surface area contributed by atoms with Crippen LogP contribution in [0.2, 0.25) is 0 Å². The topological polar surface area (TPSA) is 9.26 Å². The van der Waals surface area contributed by atoms with Crippen molar-refractivity contribution in [3.05, 3.63) is 154 Å². The van der Waals surface area contributed by atoms with Crippen molar-refractivity contribution < 1.29 is 9.15 Å². The Balaban J connectivity index is 0.000000185. The average Bonchev–Trinajstić information content (AvgIpc) is 3.65. The molecule has 0 radical (unpaired) electrons. The second kappa shape index (κ2) is 16.6. The van der Waals surface area contributed by atoms with Gasteiger partial charge in [0.2, 0.25) is 11.4 Å². The van der Waals surface area contributed by atoms with Crippen molar-refractivity contribution >= 4 is 34.2 Å². The predicted molar refractivity (Wildman–Crippen MR) is 211 cm³/mol. The van der Waals surface area contributed by atoms with Crippen LogP contribution in [0.15, 0.2) is 115 Å². The van der Waals surface area contributed by atoms with E-state index in [0.717, 1.165) is 38.8 Å². The van der Waals surface area contributed by atoms with E-state index in [1.165, 1.54) is 73.1 Å². The van der Waals surface area contributed by atoms with Crippen molar-refractivity contribution in [3.63, 3.8) is 0 Å². The van der Waals surface area contributed by atoms with Crippen LogP contribution in [-0.4, -0.2) is 34.2 Å². The summed E-state index contributed by atoms with van der Waals surface area (Å²) in [6, 6.07) is 42.0. The molecule has 3 aliphatic heterocycles. The second-order valence-electron chi connectivity index (χ2n) is 12.7. The average molecular weight is 650 g/mol. The van der Waals surface area contributed by atoms with E-state index in [-0.39, 0.29) is 0 Å². The molecule has 0 spiro atoms. The summed E-state index contributed by atoms with van der Waals surface area (Å²) in [7, 11) is 2.21. The first-order valence-corrected chi connectivity index (χ1v) is 18.4. The third-order valence-corrected chi connectivity index (χ3v) is 9.62. The first-order chi connectivity index (χ1) is 24.0. The predicted octanol–water partition coefficient (Wildman–Crippen LogP) is 11.3. The highest BCUT2D eigenvalue weighted by atomic mass is 15.1. The van der Waals surface area contributed by atoms with Crippen LogP contribution in [0.25, 0.3) is 0 Å². The van der Waals surface area contributed by atoms with Gasteiger partial charge in [0.15, 0.2) is 18.0 Å². The van der Waals surface area contributed by atoms with Crippen molar-refractivity contribution in [2.24, 2.45) is 0 Å². The van der Waals surface area contributed by atoms with Gasteiger partial charge in [-0.25, -0.2) is 4.58 Å². The highest BCUT2D eigenvalue weighted by molar-refractivity contribution is 6.05. The Labute approximate surface area is 295 Å². The SMILES string of the molecule is CC.CC.CCN1c2ccc(C)cc2Cc2cc(C)ccc21.C[N+]1=C(CC2=[N+](Cc3ccccc3)c3ccccc3C2)Cc2ccccc21. The molecule has 252 valence electrons. The molecular weight excluding hydrogens is 595 g/mol. The van der Waals surface area contributed by atoms with Gasteiger partial charge in [0.25, 0.3) is 0 Å². The Kier molecular flexibility index (Phi) is 12.0. The molecule has 8 rings (SSSR count). The van der Waals surface area contributed by atoms with Crippen LogP contribution in [0.5, 0.6) is 0 Å². The van der Waals surface area contributed by atoms with Crippen molar-refractivity contribution in [1.29, 1.82) is 0 Å². The van der Waals surface area contributed by atoms with Crippen LogP contribution in [-0.2, 0) is 25.8 Å². The number of anilines is 2. The van der Waals surface area contributed by atoms with Gasteiger partial charge in [-0.1, -0.05) is 130 Å². The van der Waals surface area contributed by atoms with Gasteiger partial charge in [0.05, 0.1) is 12.8 Å². The molecule has 0 saturated carbocycles. The Morgan fingerprint density at radius 3 is 1.63 bits per heavy atom. The van der Waals surface area contributed by atoms with Crippen LogP contribution in [0.1, 0.15) is 80.0 Å². The van der Waals surface area contributed by atoms with Crippen molar-refractivity contribution in [2.45, 2.75) is 80.7 Å². The largest absolute Gasteiger partial charge is 0.341 e. The molecule has 0 saturated heterocycles. The lowest BCUT2D eigenvalue weighted by molar-refractivity contribution is -0.456. The number of aryl methyl sites for hydroxylation is 2. The Morgan fingerprint density at radius 2 is 1.06 bits per heavy atom. The molecule has 0 aliphatic carbocycles. The molecular formula is C46H55N3+2. The number of para-hydroxylation sites is 2. The van der Waals surface area contributed by atoms with Gasteiger partial charge >= 0.3 is 0 Å². The minimum Gasteiger partial charge on any atom is -0.341 e. The summed E-state index contributed by atoms with van der Waals surface area (Å²) in [4.78, 5) is 2.42. The van der Waals surface area contributed by atoms with Gasteiger partial charge in [0.1, 0.15) is 13.5 Å². The van der Waals surface area contributed by atoms with Crippen LogP contribution in [0, 0.1) is 13.8 Å². The molecule has 3 heteroatoms. The van der Waals surface area contributed by atoms with Crippen LogP contribution in [0.4, 0.5) is 22.7 Å². The minimum atomic E-state index is 0.942. The molecule has 3 heterocycles. The zero-order valence-corrected chi connectivity index (χ0v) is 31.1. The van der Waals surface area contributed by atoms with Gasteiger partial charge < -0.3 is 4.90 Å². The smallest absolute Gasteiger partial charge is 0.209 e. The number of nitrogens with zero attached hydrogens (tertiary/aromatic N) is 3. The van der Waals surface area contributed by atoms with Crippen LogP contribution < -0.4 is 4.90 Å². The maximum Gasteiger partial charge on any atom is 0.209 e. The van der Waals surface area contributed by atoms with Crippen molar-refractivity contribution in [2.75, 3.05) is 18.5 Å². The van der Waals surface area contributed by atoms with E-state index in [9.17, 15) is 0 Å². The van der Waals surface area contributed by atoms with Gasteiger partial charge in [-0.3, -0.25) is 0 Å². The minimum absolute atomic E-state index is 0.942. The summed E-state index contributed by atoms with van der Waals surface area (Å²) in [6.07, 6.45) is 4.21. The molecule has 0 fully saturated rings. The van der Waals surface area contributed by atoms with Gasteiger partial charge in [0, 0.05) is 53.2 Å². The van der Waals surface area contributed by atoms with Crippen molar-refractivity contribution in [1.82, 2.24) is 0 Å². The van der Waals surface area contributed by atoms with E-state index in [4.69, 9.17) is 0 Å². The fourth-order valence-corrected chi connectivity index (χ4v) is 7.36. The normalized spacial score (nSPS) is 13.5. The summed E-state index contributed by atoms with van der Waals surface area (Å²) in [6.45, 7) is 16.5. The van der Waals surface area contributed by atoms with E-state index in [1.807, 2.05) is 27.7 Å². The second-order valence-corrected chi connectivity index (χ2v) is 12.7. The van der Waals surface area contributed by atoms with E-state index >= 15 is 0 Å². The molecule has 0 bridgehead atoms. The highest BCUT2D eigenvalue weighted by Crippen LogP contribution is 2.39. The molecule has 3 aliphatic rings. The van der Waals surface area contributed by atoms with Gasteiger partial charge in [-0.15, -0.1) is 0 Å². The van der Waals surface area contributed by atoms with E-state index < -0.39 is 0 Å². The third-order valence-electron chi connectivity index (χ3n) is 9.62. The fourth-order valence-electron chi connectivity index (χ4n) is 7.36. The maximum atomic E-state index is 2.54. The maximum absolute atomic E-state index is 2.54. The molecule has 5 aromatic rings. The van der Waals surface area contributed by atoms with Crippen molar-refractivity contribution in [3.8, 4) is 0 Å². The number of rotatable bonds is 5. The summed E-state index contributed by atoms with van der Waals surface area (Å²) < 4.78 is 4.93. The molecule has 0 aromatic heterocycles. The lowest BCUT2D eigenvalue weighted by Gasteiger charge is -2.33. The summed E-state index contributed by atoms with van der Waals surface area (Å²) in [5.74, 6) is 0. The van der Waals surface area contributed by atoms with Crippen LogP contribution in [0.3, 0.4) is 0 Å². The number of benzene rings is 5. The van der Waals surface area contributed by atoms with Gasteiger partial charge in [-0.05, 0) is 44.0 Å². The fraction of sp³-hybridized carbons (Fsp3) is 0.304. The van der Waals surface area contributed by atoms with E-state index in [0.29, 0.717) is 0 Å². The summed E-state index contributed by atoms with van der Waals surface area (Å²) in [5, 5.41) is 0. The first kappa shape index (κ1) is 35.5. The van der Waals surface area contributed by atoms with Gasteiger partial charge in [-0.2, -0.15) is 4.58 Å². The van der Waals surface area contributed by atoms with E-state index in [1.54, 1.807) is 0 Å². The molecule has 49 heavy (non-hydrogen) atoms. The zero-order valence-electron chi connectivity index (χ0n) is 31.1. The summed E-state index contributed by atoms with van der Waals surface area (Å²) >= 11 is 0. The molecule has 0 N–H and O–H groups in total. The monoisotopic (exact) mass is 649 g/mol. The Bertz CT molecular complexity index is 1900. The molecule has 5 aromatic carbocycles. The third kappa shape index (κ3) is 7.78. The lowest BCUT2D eigenvalue weighted by atomic mass is 9.93. The standard InChI is InChI=1S/C25H24N2.C17H19N.2C2H6/c1-26-22(15-20-11-5-7-13-24(20)26)17-23-16-21-12-6-8-14-25(21)27(23)18-19-9-3-2-4-10-19;1-4-18-16-7-5-12(2)9-14(16)11-15-10-13(3)6-8-17(15)18;2*1-2/h2-14H,15-18H2,1H3;5-10H,4,11H2,1-3H3;2*1-2H3/q+2;;;. The molecule has 0 atom stereocenters. The highest BCUT2D eigenvalue weighted by Gasteiger charge is 2.35. The zero-order chi connectivity index (χ0) is 34.9. The molecule has 0 unspecified atom stereocenters. The Hall–Kier alpha value is -4.76. The molecule has 0 amide bonds. The molecule has 3 nitrogen and oxygen atoms in total. The quantitative estimate of drug-likeness (QED) is 0.172. The number of hydrogen-bond donors (Lipinski definition) is 0. The van der Waals surface area contributed by atoms with Crippen LogP contribution >= 0.6 is 0 Å². The number of hydrogen-bond acceptors (Lipinski definition) is 1. The first-order valence-electron chi connectivity index (χ1n) is 18.4. The van der Waals surface area contributed by atoms with E-state index in [2.05, 4.69) is 157 Å². The number of fused-ring (bicyclic) bond motifs is 4. The lowest BCUT2D eigenvalue weighted by Crippen LogP contribution is -2.23. The Morgan fingerprint density at radius 1 is 0.551 bits per heavy atom.